The first-order valence-electron chi connectivity index (χ1n) is 6.54. The van der Waals surface area contributed by atoms with Crippen molar-refractivity contribution in [2.24, 2.45) is 23.7 Å². The number of hydrogen-bond acceptors (Lipinski definition) is 2. The molecule has 1 saturated carbocycles. The fraction of sp³-hybridized carbons (Fsp3) is 0.714. The van der Waals surface area contributed by atoms with Crippen molar-refractivity contribution in [1.82, 2.24) is 9.80 Å². The van der Waals surface area contributed by atoms with Crippen LogP contribution >= 0.6 is 0 Å². The van der Waals surface area contributed by atoms with Crippen LogP contribution in [0.4, 0.5) is 0 Å². The molecule has 4 nitrogen and oxygen atoms in total. The fourth-order valence-corrected chi connectivity index (χ4v) is 3.26. The molecule has 3 rings (SSSR count). The van der Waals surface area contributed by atoms with Crippen molar-refractivity contribution in [1.29, 1.82) is 0 Å². The van der Waals surface area contributed by atoms with Gasteiger partial charge in [0.2, 0.25) is 11.8 Å². The van der Waals surface area contributed by atoms with Crippen LogP contribution in [-0.2, 0) is 9.59 Å². The summed E-state index contributed by atoms with van der Waals surface area (Å²) in [6.45, 7) is 0. The van der Waals surface area contributed by atoms with Crippen LogP contribution in [0.2, 0.25) is 0 Å². The van der Waals surface area contributed by atoms with Gasteiger partial charge in [0.25, 0.3) is 0 Å². The summed E-state index contributed by atoms with van der Waals surface area (Å²) in [5.74, 6) is 0.318. The normalized spacial score (nSPS) is 33.3. The number of fused-ring (bicyclic) bond motifs is 2. The third kappa shape index (κ3) is 2.04. The molecule has 1 fully saturated rings. The average molecular weight is 250 g/mol. The lowest BCUT2D eigenvalue weighted by atomic mass is 9.61. The first-order chi connectivity index (χ1) is 8.43. The van der Waals surface area contributed by atoms with Crippen molar-refractivity contribution in [2.75, 3.05) is 28.2 Å². The zero-order valence-electron chi connectivity index (χ0n) is 11.6. The van der Waals surface area contributed by atoms with Crippen LogP contribution in [0.5, 0.6) is 0 Å². The minimum atomic E-state index is -0.168. The molecule has 18 heavy (non-hydrogen) atoms. The zero-order chi connectivity index (χ0) is 13.4. The number of rotatable bonds is 2. The number of allylic oxidation sites excluding steroid dienone is 2. The highest BCUT2D eigenvalue weighted by Crippen LogP contribution is 2.45. The van der Waals surface area contributed by atoms with Gasteiger partial charge in [-0.15, -0.1) is 0 Å². The molecule has 2 bridgehead atoms. The maximum absolute atomic E-state index is 12.3. The molecule has 2 amide bonds. The zero-order valence-corrected chi connectivity index (χ0v) is 11.6. The molecule has 4 unspecified atom stereocenters. The molecule has 100 valence electrons. The Bertz CT molecular complexity index is 351. The van der Waals surface area contributed by atoms with Crippen LogP contribution in [-0.4, -0.2) is 49.8 Å². The van der Waals surface area contributed by atoms with E-state index in [0.717, 1.165) is 12.8 Å². The second kappa shape index (κ2) is 4.75. The van der Waals surface area contributed by atoms with Crippen molar-refractivity contribution >= 4 is 11.8 Å². The van der Waals surface area contributed by atoms with E-state index >= 15 is 0 Å². The minimum Gasteiger partial charge on any atom is -0.349 e. The Morgan fingerprint density at radius 3 is 1.39 bits per heavy atom. The lowest BCUT2D eigenvalue weighted by Crippen LogP contribution is -2.51. The van der Waals surface area contributed by atoms with Crippen LogP contribution in [0.25, 0.3) is 0 Å². The summed E-state index contributed by atoms with van der Waals surface area (Å²) in [6.07, 6.45) is 6.34. The molecule has 0 aliphatic heterocycles. The Morgan fingerprint density at radius 2 is 1.17 bits per heavy atom. The van der Waals surface area contributed by atoms with Crippen LogP contribution in [0, 0.1) is 23.7 Å². The molecule has 0 spiro atoms. The maximum atomic E-state index is 12.3. The summed E-state index contributed by atoms with van der Waals surface area (Å²) < 4.78 is 0. The summed E-state index contributed by atoms with van der Waals surface area (Å²) in [5.41, 5.74) is 0. The molecular formula is C14H22N2O2. The van der Waals surface area contributed by atoms with Crippen molar-refractivity contribution in [3.05, 3.63) is 12.2 Å². The van der Waals surface area contributed by atoms with E-state index in [-0.39, 0.29) is 35.5 Å². The summed E-state index contributed by atoms with van der Waals surface area (Å²) in [4.78, 5) is 27.9. The van der Waals surface area contributed by atoms with Crippen molar-refractivity contribution in [3.63, 3.8) is 0 Å². The van der Waals surface area contributed by atoms with Gasteiger partial charge in [0.05, 0.1) is 11.8 Å². The Kier molecular flexibility index (Phi) is 3.46. The number of carbonyl (C=O) groups is 2. The quantitative estimate of drug-likeness (QED) is 0.686. The minimum absolute atomic E-state index is 0.0919. The highest BCUT2D eigenvalue weighted by molar-refractivity contribution is 5.88. The van der Waals surface area contributed by atoms with Crippen LogP contribution in [0.15, 0.2) is 12.2 Å². The second-order valence-corrected chi connectivity index (χ2v) is 5.81. The molecule has 0 aromatic heterocycles. The Balaban J connectivity index is 2.32. The van der Waals surface area contributed by atoms with Gasteiger partial charge in [-0.2, -0.15) is 0 Å². The molecule has 3 aliphatic rings. The molecule has 0 saturated heterocycles. The third-order valence-corrected chi connectivity index (χ3v) is 4.20. The van der Waals surface area contributed by atoms with Gasteiger partial charge in [-0.05, 0) is 24.7 Å². The Labute approximate surface area is 109 Å². The lowest BCUT2D eigenvalue weighted by Gasteiger charge is -2.44. The van der Waals surface area contributed by atoms with E-state index in [9.17, 15) is 9.59 Å². The summed E-state index contributed by atoms with van der Waals surface area (Å²) in [6, 6.07) is 0. The first kappa shape index (κ1) is 13.1. The SMILES string of the molecule is CN(C)C(=O)C1C2C=CC(CC2)C1C(=O)N(C)C. The van der Waals surface area contributed by atoms with Gasteiger partial charge in [0.1, 0.15) is 0 Å². The van der Waals surface area contributed by atoms with Crippen LogP contribution < -0.4 is 0 Å². The largest absolute Gasteiger partial charge is 0.349 e. The predicted molar refractivity (Wildman–Crippen MR) is 69.7 cm³/mol. The predicted octanol–water partition coefficient (Wildman–Crippen LogP) is 0.991. The standard InChI is InChI=1S/C14H22N2O2/c1-15(2)13(17)11-9-5-7-10(8-6-9)12(11)14(18)16(3)4/h5,7,9-12H,6,8H2,1-4H3. The molecule has 4 atom stereocenters. The van der Waals surface area contributed by atoms with Crippen molar-refractivity contribution in [2.45, 2.75) is 12.8 Å². The summed E-state index contributed by atoms with van der Waals surface area (Å²) in [5, 5.41) is 0. The van der Waals surface area contributed by atoms with E-state index in [1.807, 2.05) is 0 Å². The van der Waals surface area contributed by atoms with Gasteiger partial charge in [-0.3, -0.25) is 9.59 Å². The lowest BCUT2D eigenvalue weighted by molar-refractivity contribution is -0.149. The molecule has 0 aromatic carbocycles. The third-order valence-electron chi connectivity index (χ3n) is 4.20. The average Bonchev–Trinajstić information content (AvgIpc) is 2.37. The van der Waals surface area contributed by atoms with E-state index in [2.05, 4.69) is 12.2 Å². The smallest absolute Gasteiger partial charge is 0.226 e. The van der Waals surface area contributed by atoms with Crippen LogP contribution in [0.3, 0.4) is 0 Å². The van der Waals surface area contributed by atoms with Crippen LogP contribution in [0.1, 0.15) is 12.8 Å². The van der Waals surface area contributed by atoms with Gasteiger partial charge in [-0.1, -0.05) is 12.2 Å². The van der Waals surface area contributed by atoms with E-state index in [1.54, 1.807) is 38.0 Å². The fourth-order valence-electron chi connectivity index (χ4n) is 3.26. The number of hydrogen-bond donors (Lipinski definition) is 0. The number of carbonyl (C=O) groups excluding carboxylic acids is 2. The topological polar surface area (TPSA) is 40.6 Å². The monoisotopic (exact) mass is 250 g/mol. The highest BCUT2D eigenvalue weighted by atomic mass is 16.2. The van der Waals surface area contributed by atoms with Gasteiger partial charge >= 0.3 is 0 Å². The summed E-state index contributed by atoms with van der Waals surface area (Å²) in [7, 11) is 7.08. The van der Waals surface area contributed by atoms with Gasteiger partial charge < -0.3 is 9.80 Å². The Hall–Kier alpha value is -1.32. The molecular weight excluding hydrogens is 228 g/mol. The van der Waals surface area contributed by atoms with Gasteiger partial charge in [0.15, 0.2) is 0 Å². The van der Waals surface area contributed by atoms with Gasteiger partial charge in [-0.25, -0.2) is 0 Å². The molecule has 4 heteroatoms. The number of amides is 2. The van der Waals surface area contributed by atoms with E-state index < -0.39 is 0 Å². The van der Waals surface area contributed by atoms with Crippen molar-refractivity contribution < 1.29 is 9.59 Å². The Morgan fingerprint density at radius 1 is 0.833 bits per heavy atom. The van der Waals surface area contributed by atoms with Crippen molar-refractivity contribution in [3.8, 4) is 0 Å². The summed E-state index contributed by atoms with van der Waals surface area (Å²) >= 11 is 0. The molecule has 0 radical (unpaired) electrons. The second-order valence-electron chi connectivity index (χ2n) is 5.81. The molecule has 0 aromatic rings. The molecule has 0 N–H and O–H groups in total. The van der Waals surface area contributed by atoms with E-state index in [4.69, 9.17) is 0 Å². The highest BCUT2D eigenvalue weighted by Gasteiger charge is 2.48. The number of nitrogens with zero attached hydrogens (tertiary/aromatic N) is 2. The molecule has 3 aliphatic carbocycles. The van der Waals surface area contributed by atoms with E-state index in [0.29, 0.717) is 0 Å². The maximum Gasteiger partial charge on any atom is 0.226 e. The van der Waals surface area contributed by atoms with Gasteiger partial charge in [0, 0.05) is 28.2 Å². The van der Waals surface area contributed by atoms with E-state index in [1.165, 1.54) is 0 Å². The first-order valence-corrected chi connectivity index (χ1v) is 6.54. The molecule has 0 heterocycles.